The number of rotatable bonds is 4. The smallest absolute Gasteiger partial charge is 0.229 e. The molecule has 7 heteroatoms. The second kappa shape index (κ2) is 8.02. The van der Waals surface area contributed by atoms with Crippen LogP contribution in [0.15, 0.2) is 42.5 Å². The van der Waals surface area contributed by atoms with E-state index in [4.69, 9.17) is 23.2 Å². The summed E-state index contributed by atoms with van der Waals surface area (Å²) in [6, 6.07) is 13.1. The molecule has 0 spiro atoms. The third-order valence-corrected chi connectivity index (χ3v) is 6.16. The largest absolute Gasteiger partial charge is 0.372 e. The average molecular weight is 418 g/mol. The Morgan fingerprint density at radius 3 is 2.39 bits per heavy atom. The van der Waals surface area contributed by atoms with Gasteiger partial charge < -0.3 is 15.1 Å². The Labute approximate surface area is 174 Å². The predicted molar refractivity (Wildman–Crippen MR) is 113 cm³/mol. The number of benzene rings is 2. The van der Waals surface area contributed by atoms with Gasteiger partial charge in [-0.25, -0.2) is 0 Å². The molecule has 5 nitrogen and oxygen atoms in total. The summed E-state index contributed by atoms with van der Waals surface area (Å²) < 4.78 is 0. The second-order valence-corrected chi connectivity index (χ2v) is 7.99. The average Bonchev–Trinajstić information content (AvgIpc) is 3.35. The number of hydrogen-bond donors (Lipinski definition) is 1. The number of hydrogen-bond acceptors (Lipinski definition) is 3. The summed E-state index contributed by atoms with van der Waals surface area (Å²) in [6.45, 7) is 2.51. The van der Waals surface area contributed by atoms with Gasteiger partial charge in [-0.1, -0.05) is 29.3 Å². The highest BCUT2D eigenvalue weighted by molar-refractivity contribution is 6.44. The fourth-order valence-corrected chi connectivity index (χ4v) is 4.13. The van der Waals surface area contributed by atoms with E-state index in [1.54, 1.807) is 23.1 Å². The number of nitrogens with zero attached hydrogens (tertiary/aromatic N) is 2. The van der Waals surface area contributed by atoms with Gasteiger partial charge in [0.05, 0.1) is 21.7 Å². The quantitative estimate of drug-likeness (QED) is 0.791. The van der Waals surface area contributed by atoms with Crippen LogP contribution >= 0.6 is 23.2 Å². The van der Waals surface area contributed by atoms with Gasteiger partial charge in [0.2, 0.25) is 11.8 Å². The molecule has 2 aliphatic rings. The topological polar surface area (TPSA) is 52.7 Å². The van der Waals surface area contributed by atoms with Crippen LogP contribution in [0, 0.1) is 5.92 Å². The van der Waals surface area contributed by atoms with Gasteiger partial charge in [-0.15, -0.1) is 0 Å². The van der Waals surface area contributed by atoms with Crippen LogP contribution in [0.3, 0.4) is 0 Å². The molecule has 2 saturated heterocycles. The maximum Gasteiger partial charge on any atom is 0.229 e. The highest BCUT2D eigenvalue weighted by Gasteiger charge is 2.35. The molecule has 4 rings (SSSR count). The first-order chi connectivity index (χ1) is 13.5. The molecule has 0 saturated carbocycles. The molecule has 1 unspecified atom stereocenters. The van der Waals surface area contributed by atoms with Gasteiger partial charge in [-0.3, -0.25) is 9.59 Å². The molecule has 146 valence electrons. The van der Waals surface area contributed by atoms with Crippen LogP contribution in [-0.2, 0) is 9.59 Å². The lowest BCUT2D eigenvalue weighted by Crippen LogP contribution is -2.28. The first-order valence-electron chi connectivity index (χ1n) is 9.43. The Kier molecular flexibility index (Phi) is 5.47. The van der Waals surface area contributed by atoms with Crippen molar-refractivity contribution in [1.29, 1.82) is 0 Å². The molecule has 1 N–H and O–H groups in total. The van der Waals surface area contributed by atoms with Crippen LogP contribution in [0.4, 0.5) is 17.1 Å². The van der Waals surface area contributed by atoms with Crippen LogP contribution in [0.5, 0.6) is 0 Å². The molecule has 0 radical (unpaired) electrons. The zero-order chi connectivity index (χ0) is 19.7. The van der Waals surface area contributed by atoms with Gasteiger partial charge in [0, 0.05) is 37.4 Å². The van der Waals surface area contributed by atoms with Crippen LogP contribution in [-0.4, -0.2) is 31.4 Å². The van der Waals surface area contributed by atoms with Gasteiger partial charge in [-0.2, -0.15) is 0 Å². The predicted octanol–water partition coefficient (Wildman–Crippen LogP) is 4.59. The number of anilines is 3. The maximum absolute atomic E-state index is 12.6. The molecular weight excluding hydrogens is 397 g/mol. The van der Waals surface area contributed by atoms with Crippen LogP contribution in [0.1, 0.15) is 19.3 Å². The van der Waals surface area contributed by atoms with Gasteiger partial charge in [0.1, 0.15) is 0 Å². The van der Waals surface area contributed by atoms with E-state index in [-0.39, 0.29) is 18.2 Å². The fraction of sp³-hybridized carbons (Fsp3) is 0.333. The van der Waals surface area contributed by atoms with E-state index >= 15 is 0 Å². The number of nitrogens with one attached hydrogen (secondary N) is 1. The Morgan fingerprint density at radius 1 is 1.00 bits per heavy atom. The molecule has 28 heavy (non-hydrogen) atoms. The summed E-state index contributed by atoms with van der Waals surface area (Å²) >= 11 is 12.1. The lowest BCUT2D eigenvalue weighted by Gasteiger charge is -2.20. The monoisotopic (exact) mass is 417 g/mol. The Balaban J connectivity index is 1.43. The highest BCUT2D eigenvalue weighted by atomic mass is 35.5. The van der Waals surface area contributed by atoms with Crippen LogP contribution < -0.4 is 15.1 Å². The third kappa shape index (κ3) is 3.82. The number of halogens is 2. The van der Waals surface area contributed by atoms with Gasteiger partial charge in [0.25, 0.3) is 0 Å². The minimum atomic E-state index is -0.430. The van der Waals surface area contributed by atoms with Crippen molar-refractivity contribution < 1.29 is 9.59 Å². The lowest BCUT2D eigenvalue weighted by molar-refractivity contribution is -0.122. The maximum atomic E-state index is 12.6. The molecule has 2 amide bonds. The van der Waals surface area contributed by atoms with Crippen LogP contribution in [0.25, 0.3) is 0 Å². The Morgan fingerprint density at radius 2 is 1.68 bits per heavy atom. The molecule has 2 aromatic rings. The molecular formula is C21H21Cl2N3O2. The summed E-state index contributed by atoms with van der Waals surface area (Å²) in [6.07, 6.45) is 2.62. The Bertz CT molecular complexity index is 895. The Hall–Kier alpha value is -2.24. The molecule has 2 fully saturated rings. The standard InChI is InChI=1S/C21H21Cl2N3O2/c22-17-4-3-5-18(20(17)23)24-21(28)14-12-19(27)26(13-14)16-8-6-15(7-9-16)25-10-1-2-11-25/h3-9,14H,1-2,10-13H2,(H,24,28). The van der Waals surface area contributed by atoms with Crippen molar-refractivity contribution >= 4 is 52.1 Å². The molecule has 2 heterocycles. The van der Waals surface area contributed by atoms with Crippen LogP contribution in [0.2, 0.25) is 10.0 Å². The first-order valence-corrected chi connectivity index (χ1v) is 10.2. The summed E-state index contributed by atoms with van der Waals surface area (Å²) in [5.74, 6) is -0.708. The minimum Gasteiger partial charge on any atom is -0.372 e. The van der Waals surface area contributed by atoms with E-state index < -0.39 is 5.92 Å². The van der Waals surface area contributed by atoms with Crippen molar-refractivity contribution in [2.45, 2.75) is 19.3 Å². The van der Waals surface area contributed by atoms with E-state index in [0.717, 1.165) is 18.8 Å². The zero-order valence-corrected chi connectivity index (χ0v) is 16.8. The van der Waals surface area contributed by atoms with Crippen molar-refractivity contribution in [2.75, 3.05) is 34.8 Å². The number of carbonyl (C=O) groups is 2. The molecule has 0 aliphatic carbocycles. The van der Waals surface area contributed by atoms with Crippen molar-refractivity contribution in [3.8, 4) is 0 Å². The minimum absolute atomic E-state index is 0.0498. The van der Waals surface area contributed by atoms with E-state index in [0.29, 0.717) is 22.3 Å². The summed E-state index contributed by atoms with van der Waals surface area (Å²) in [5, 5.41) is 3.47. The van der Waals surface area contributed by atoms with Gasteiger partial charge >= 0.3 is 0 Å². The summed E-state index contributed by atoms with van der Waals surface area (Å²) in [7, 11) is 0. The van der Waals surface area contributed by atoms with E-state index in [1.807, 2.05) is 24.3 Å². The van der Waals surface area contributed by atoms with Gasteiger partial charge in [-0.05, 0) is 49.2 Å². The summed E-state index contributed by atoms with van der Waals surface area (Å²) in [4.78, 5) is 29.1. The second-order valence-electron chi connectivity index (χ2n) is 7.21. The summed E-state index contributed by atoms with van der Waals surface area (Å²) in [5.41, 5.74) is 2.46. The first kappa shape index (κ1) is 19.1. The van der Waals surface area contributed by atoms with E-state index in [1.165, 1.54) is 18.5 Å². The van der Waals surface area contributed by atoms with Crippen molar-refractivity contribution in [1.82, 2.24) is 0 Å². The molecule has 1 atom stereocenters. The van der Waals surface area contributed by atoms with Crippen molar-refractivity contribution in [2.24, 2.45) is 5.92 Å². The number of amides is 2. The molecule has 0 bridgehead atoms. The van der Waals surface area contributed by atoms with Gasteiger partial charge in [0.15, 0.2) is 0 Å². The highest BCUT2D eigenvalue weighted by Crippen LogP contribution is 2.32. The molecule has 2 aromatic carbocycles. The number of carbonyl (C=O) groups excluding carboxylic acids is 2. The fourth-order valence-electron chi connectivity index (χ4n) is 3.79. The van der Waals surface area contributed by atoms with E-state index in [9.17, 15) is 9.59 Å². The zero-order valence-electron chi connectivity index (χ0n) is 15.3. The van der Waals surface area contributed by atoms with E-state index in [2.05, 4.69) is 10.2 Å². The van der Waals surface area contributed by atoms with Crippen molar-refractivity contribution in [3.63, 3.8) is 0 Å². The normalized spacial score (nSPS) is 19.4. The SMILES string of the molecule is O=C(Nc1cccc(Cl)c1Cl)C1CC(=O)N(c2ccc(N3CCCC3)cc2)C1. The van der Waals surface area contributed by atoms with Crippen molar-refractivity contribution in [3.05, 3.63) is 52.5 Å². The molecule has 0 aromatic heterocycles. The lowest BCUT2D eigenvalue weighted by atomic mass is 10.1. The third-order valence-electron chi connectivity index (χ3n) is 5.34. The molecule has 2 aliphatic heterocycles.